The van der Waals surface area contributed by atoms with E-state index in [1.54, 1.807) is 29.9 Å². The van der Waals surface area contributed by atoms with Crippen LogP contribution in [0.25, 0.3) is 16.7 Å². The number of urea groups is 1. The number of thioether (sulfide) groups is 1. The molecule has 0 fully saturated rings. The number of carbonyl (C=O) groups excluding carboxylic acids is 2. The van der Waals surface area contributed by atoms with Crippen molar-refractivity contribution >= 4 is 34.7 Å². The zero-order valence-corrected chi connectivity index (χ0v) is 17.2. The van der Waals surface area contributed by atoms with Gasteiger partial charge >= 0.3 is 6.03 Å². The highest BCUT2D eigenvalue weighted by Crippen LogP contribution is 2.28. The number of hydrogen-bond acceptors (Lipinski definition) is 6. The number of halogens is 1. The van der Waals surface area contributed by atoms with Crippen LogP contribution in [-0.4, -0.2) is 42.5 Å². The lowest BCUT2D eigenvalue weighted by molar-refractivity contribution is -0.119. The molecular formula is C19H21FN6O2S. The van der Waals surface area contributed by atoms with Crippen LogP contribution in [0.15, 0.2) is 41.8 Å². The molecular weight excluding hydrogens is 395 g/mol. The number of fused-ring (bicyclic) bond motifs is 1. The van der Waals surface area contributed by atoms with Crippen molar-refractivity contribution in [3.05, 3.63) is 42.6 Å². The molecule has 1 aromatic carbocycles. The summed E-state index contributed by atoms with van der Waals surface area (Å²) in [6.45, 7) is 7.16. The standard InChI is InChI=1S/C19H21FN6O2S/c1-11(16(27)24-18(28)25-19(2,3)4)29-17-14-9-23-26(15(14)21-10-22-17)13-7-5-12(20)6-8-13/h5-11H,1-4H3,(H2,24,25,27,28)/t11-/m0/s1. The second kappa shape index (κ2) is 8.16. The summed E-state index contributed by atoms with van der Waals surface area (Å²) < 4.78 is 14.8. The van der Waals surface area contributed by atoms with Gasteiger partial charge in [0.15, 0.2) is 5.65 Å². The molecule has 0 radical (unpaired) electrons. The monoisotopic (exact) mass is 416 g/mol. The lowest BCUT2D eigenvalue weighted by atomic mass is 10.1. The normalized spacial score (nSPS) is 12.6. The predicted molar refractivity (Wildman–Crippen MR) is 108 cm³/mol. The first-order valence-electron chi connectivity index (χ1n) is 8.88. The molecule has 0 spiro atoms. The summed E-state index contributed by atoms with van der Waals surface area (Å²) >= 11 is 1.20. The number of nitrogens with zero attached hydrogens (tertiary/aromatic N) is 4. The fraction of sp³-hybridized carbons (Fsp3) is 0.316. The number of aromatic nitrogens is 4. The molecule has 3 rings (SSSR count). The summed E-state index contributed by atoms with van der Waals surface area (Å²) in [5, 5.41) is 9.95. The summed E-state index contributed by atoms with van der Waals surface area (Å²) in [6, 6.07) is 5.33. The van der Waals surface area contributed by atoms with Gasteiger partial charge in [-0.2, -0.15) is 5.10 Å². The molecule has 0 saturated heterocycles. The van der Waals surface area contributed by atoms with Gasteiger partial charge in [0, 0.05) is 5.54 Å². The molecule has 2 heterocycles. The minimum atomic E-state index is -0.576. The Kier molecular flexibility index (Phi) is 5.83. The van der Waals surface area contributed by atoms with Crippen molar-refractivity contribution in [3.8, 4) is 5.69 Å². The van der Waals surface area contributed by atoms with E-state index in [0.717, 1.165) is 0 Å². The average Bonchev–Trinajstić information content (AvgIpc) is 3.05. The second-order valence-electron chi connectivity index (χ2n) is 7.40. The van der Waals surface area contributed by atoms with E-state index in [4.69, 9.17) is 0 Å². The van der Waals surface area contributed by atoms with Crippen LogP contribution >= 0.6 is 11.8 Å². The van der Waals surface area contributed by atoms with E-state index >= 15 is 0 Å². The van der Waals surface area contributed by atoms with Gasteiger partial charge in [0.05, 0.1) is 22.5 Å². The van der Waals surface area contributed by atoms with Gasteiger partial charge < -0.3 is 5.32 Å². The molecule has 0 aliphatic rings. The third-order valence-electron chi connectivity index (χ3n) is 3.78. The van der Waals surface area contributed by atoms with E-state index in [1.165, 1.54) is 30.2 Å². The van der Waals surface area contributed by atoms with Gasteiger partial charge in [-0.1, -0.05) is 11.8 Å². The van der Waals surface area contributed by atoms with Crippen LogP contribution in [0.1, 0.15) is 27.7 Å². The third kappa shape index (κ3) is 5.08. The van der Waals surface area contributed by atoms with Crippen LogP contribution in [0.4, 0.5) is 9.18 Å². The Labute approximate surface area is 171 Å². The first-order chi connectivity index (χ1) is 13.6. The van der Waals surface area contributed by atoms with E-state index in [-0.39, 0.29) is 5.82 Å². The van der Waals surface area contributed by atoms with E-state index in [1.807, 2.05) is 20.8 Å². The maximum atomic E-state index is 13.2. The van der Waals surface area contributed by atoms with Gasteiger partial charge in [-0.15, -0.1) is 0 Å². The lowest BCUT2D eigenvalue weighted by Gasteiger charge is -2.21. The third-order valence-corrected chi connectivity index (χ3v) is 4.90. The number of rotatable bonds is 4. The van der Waals surface area contributed by atoms with Crippen LogP contribution in [-0.2, 0) is 4.79 Å². The van der Waals surface area contributed by atoms with Gasteiger partial charge in [0.1, 0.15) is 17.2 Å². The smallest absolute Gasteiger partial charge is 0.321 e. The van der Waals surface area contributed by atoms with Crippen LogP contribution < -0.4 is 10.6 Å². The topological polar surface area (TPSA) is 102 Å². The summed E-state index contributed by atoms with van der Waals surface area (Å²) in [5.74, 6) is -0.777. The zero-order valence-electron chi connectivity index (χ0n) is 16.4. The van der Waals surface area contributed by atoms with E-state index < -0.39 is 22.7 Å². The average molecular weight is 416 g/mol. The van der Waals surface area contributed by atoms with Crippen molar-refractivity contribution in [3.63, 3.8) is 0 Å². The SMILES string of the molecule is C[C@H](Sc1ncnc2c1cnn2-c1ccc(F)cc1)C(=O)NC(=O)NC(C)(C)C. The van der Waals surface area contributed by atoms with Gasteiger partial charge in [-0.25, -0.2) is 23.8 Å². The fourth-order valence-corrected chi connectivity index (χ4v) is 3.37. The highest BCUT2D eigenvalue weighted by atomic mass is 32.2. The summed E-state index contributed by atoms with van der Waals surface area (Å²) in [7, 11) is 0. The predicted octanol–water partition coefficient (Wildman–Crippen LogP) is 3.06. The highest BCUT2D eigenvalue weighted by Gasteiger charge is 2.22. The fourth-order valence-electron chi connectivity index (χ4n) is 2.49. The molecule has 0 saturated carbocycles. The van der Waals surface area contributed by atoms with Crippen LogP contribution in [0.5, 0.6) is 0 Å². The van der Waals surface area contributed by atoms with Gasteiger partial charge in [0.2, 0.25) is 5.91 Å². The molecule has 3 aromatic rings. The minimum Gasteiger partial charge on any atom is -0.333 e. The van der Waals surface area contributed by atoms with Crippen LogP contribution in [0.3, 0.4) is 0 Å². The van der Waals surface area contributed by atoms with Gasteiger partial charge in [-0.05, 0) is 52.0 Å². The quantitative estimate of drug-likeness (QED) is 0.501. The first-order valence-corrected chi connectivity index (χ1v) is 9.76. The van der Waals surface area contributed by atoms with E-state index in [0.29, 0.717) is 21.7 Å². The molecule has 0 aliphatic carbocycles. The molecule has 0 aliphatic heterocycles. The van der Waals surface area contributed by atoms with Crippen molar-refractivity contribution in [2.45, 2.75) is 43.5 Å². The highest BCUT2D eigenvalue weighted by molar-refractivity contribution is 8.00. The maximum Gasteiger partial charge on any atom is 0.321 e. The Morgan fingerprint density at radius 3 is 2.52 bits per heavy atom. The van der Waals surface area contributed by atoms with E-state index in [9.17, 15) is 14.0 Å². The van der Waals surface area contributed by atoms with Crippen molar-refractivity contribution in [1.29, 1.82) is 0 Å². The summed E-state index contributed by atoms with van der Waals surface area (Å²) in [6.07, 6.45) is 2.97. The number of benzene rings is 1. The number of imide groups is 1. The maximum absolute atomic E-state index is 13.2. The van der Waals surface area contributed by atoms with Crippen molar-refractivity contribution < 1.29 is 14.0 Å². The van der Waals surface area contributed by atoms with Crippen LogP contribution in [0.2, 0.25) is 0 Å². The number of carbonyl (C=O) groups is 2. The van der Waals surface area contributed by atoms with Crippen LogP contribution in [0, 0.1) is 5.82 Å². The molecule has 2 aromatic heterocycles. The molecule has 29 heavy (non-hydrogen) atoms. The Morgan fingerprint density at radius 1 is 1.17 bits per heavy atom. The largest absolute Gasteiger partial charge is 0.333 e. The number of nitrogens with one attached hydrogen (secondary N) is 2. The first kappa shape index (κ1) is 20.7. The van der Waals surface area contributed by atoms with Gasteiger partial charge in [-0.3, -0.25) is 10.1 Å². The van der Waals surface area contributed by atoms with Crippen molar-refractivity contribution in [2.24, 2.45) is 0 Å². The molecule has 3 amide bonds. The van der Waals surface area contributed by atoms with Gasteiger partial charge in [0.25, 0.3) is 0 Å². The van der Waals surface area contributed by atoms with E-state index in [2.05, 4.69) is 25.7 Å². The summed E-state index contributed by atoms with van der Waals surface area (Å²) in [5.41, 5.74) is 0.738. The Hall–Kier alpha value is -3.01. The number of hydrogen-bond donors (Lipinski definition) is 2. The van der Waals surface area contributed by atoms with Crippen molar-refractivity contribution in [2.75, 3.05) is 0 Å². The Morgan fingerprint density at radius 2 is 1.86 bits per heavy atom. The molecule has 152 valence electrons. The molecule has 2 N–H and O–H groups in total. The molecule has 0 unspecified atom stereocenters. The Bertz CT molecular complexity index is 1050. The molecule has 8 nitrogen and oxygen atoms in total. The zero-order chi connectivity index (χ0) is 21.2. The molecule has 10 heteroatoms. The van der Waals surface area contributed by atoms with Crippen molar-refractivity contribution in [1.82, 2.24) is 30.4 Å². The number of amides is 3. The molecule has 1 atom stereocenters. The minimum absolute atomic E-state index is 0.341. The summed E-state index contributed by atoms with van der Waals surface area (Å²) in [4.78, 5) is 32.8. The molecule has 0 bridgehead atoms. The second-order valence-corrected chi connectivity index (χ2v) is 8.73. The lowest BCUT2D eigenvalue weighted by Crippen LogP contribution is -2.49. The Balaban J connectivity index is 1.77.